The molecule has 1 fully saturated rings. The molecule has 0 unspecified atom stereocenters. The molecule has 1 heteroatoms. The summed E-state index contributed by atoms with van der Waals surface area (Å²) in [5.41, 5.74) is 0. The lowest BCUT2D eigenvalue weighted by Gasteiger charge is -2.05. The summed E-state index contributed by atoms with van der Waals surface area (Å²) in [5, 5.41) is 0. The molecule has 1 aliphatic rings. The molecule has 0 aliphatic carbocycles. The van der Waals surface area contributed by atoms with Gasteiger partial charge in [-0.25, -0.2) is 0 Å². The van der Waals surface area contributed by atoms with Crippen molar-refractivity contribution in [2.75, 3.05) is 26.7 Å². The van der Waals surface area contributed by atoms with Crippen LogP contribution in [-0.4, -0.2) is 31.2 Å². The molecule has 1 saturated heterocycles. The minimum atomic E-state index is 1.15. The van der Waals surface area contributed by atoms with E-state index in [1.54, 1.807) is 0 Å². The molecule has 0 aromatic heterocycles. The van der Waals surface area contributed by atoms with E-state index < -0.39 is 0 Å². The van der Waals surface area contributed by atoms with Crippen LogP contribution in [0.5, 0.6) is 0 Å². The highest BCUT2D eigenvalue weighted by molar-refractivity contribution is 4.68. The monoisotopic (exact) mass is 98.1 g/mol. The number of nitrogens with zero attached hydrogens (tertiary/aromatic N) is 1. The van der Waals surface area contributed by atoms with Crippen LogP contribution in [0.1, 0.15) is 0 Å². The quantitative estimate of drug-likeness (QED) is 0.270. The van der Waals surface area contributed by atoms with Gasteiger partial charge in [0.2, 0.25) is 0 Å². The summed E-state index contributed by atoms with van der Waals surface area (Å²) in [5.74, 6) is 0. The summed E-state index contributed by atoms with van der Waals surface area (Å²) in [7, 11) is 2.25. The number of rotatable bonds is 2. The van der Waals surface area contributed by atoms with Gasteiger partial charge in [0, 0.05) is 0 Å². The maximum Gasteiger partial charge on any atom is 0.129 e. The van der Waals surface area contributed by atoms with E-state index in [0.717, 1.165) is 6.54 Å². The van der Waals surface area contributed by atoms with E-state index in [9.17, 15) is 0 Å². The van der Waals surface area contributed by atoms with Crippen molar-refractivity contribution >= 4 is 0 Å². The lowest BCUT2D eigenvalue weighted by atomic mass is 10.6. The van der Waals surface area contributed by atoms with Gasteiger partial charge >= 0.3 is 0 Å². The zero-order chi connectivity index (χ0) is 5.33. The van der Waals surface area contributed by atoms with Crippen molar-refractivity contribution < 1.29 is 4.48 Å². The Hall–Kier alpha value is -0.300. The average Bonchev–Trinajstić information content (AvgIpc) is 2.22. The fourth-order valence-electron chi connectivity index (χ4n) is 0.665. The van der Waals surface area contributed by atoms with E-state index in [0.29, 0.717) is 0 Å². The molecule has 0 spiro atoms. The molecule has 0 amide bonds. The van der Waals surface area contributed by atoms with Crippen molar-refractivity contribution in [3.63, 3.8) is 0 Å². The maximum atomic E-state index is 3.67. The largest absolute Gasteiger partial charge is 0.313 e. The second-order valence-electron chi connectivity index (χ2n) is 2.54. The van der Waals surface area contributed by atoms with Crippen LogP contribution >= 0.6 is 0 Å². The third-order valence-corrected chi connectivity index (χ3v) is 1.56. The molecule has 1 rings (SSSR count). The van der Waals surface area contributed by atoms with Crippen LogP contribution in [0.2, 0.25) is 0 Å². The van der Waals surface area contributed by atoms with Crippen LogP contribution in [0.25, 0.3) is 0 Å². The lowest BCUT2D eigenvalue weighted by Crippen LogP contribution is -2.18. The van der Waals surface area contributed by atoms with Crippen LogP contribution < -0.4 is 0 Å². The summed E-state index contributed by atoms with van der Waals surface area (Å²) < 4.78 is 1.23. The van der Waals surface area contributed by atoms with Crippen molar-refractivity contribution in [1.82, 2.24) is 0 Å². The van der Waals surface area contributed by atoms with Crippen LogP contribution in [0.15, 0.2) is 12.7 Å². The Bertz CT molecular complexity index is 82.2. The second kappa shape index (κ2) is 1.34. The molecule has 0 radical (unpaired) electrons. The van der Waals surface area contributed by atoms with Gasteiger partial charge < -0.3 is 4.48 Å². The molecule has 1 nitrogen and oxygen atoms in total. The first-order chi connectivity index (χ1) is 3.27. The van der Waals surface area contributed by atoms with E-state index in [4.69, 9.17) is 0 Å². The molecule has 0 saturated carbocycles. The Kier molecular flexibility index (Phi) is 0.927. The SMILES string of the molecule is C=CC[N+]1(C)CC1. The molecule has 0 atom stereocenters. The lowest BCUT2D eigenvalue weighted by molar-refractivity contribution is -0.770. The van der Waals surface area contributed by atoms with Gasteiger partial charge in [-0.15, -0.1) is 0 Å². The zero-order valence-corrected chi connectivity index (χ0v) is 4.85. The fraction of sp³-hybridized carbons (Fsp3) is 0.667. The molecule has 0 bridgehead atoms. The van der Waals surface area contributed by atoms with E-state index in [-0.39, 0.29) is 0 Å². The van der Waals surface area contributed by atoms with E-state index in [1.165, 1.54) is 17.6 Å². The summed E-state index contributed by atoms with van der Waals surface area (Å²) in [4.78, 5) is 0. The molecular weight excluding hydrogens is 86.1 g/mol. The van der Waals surface area contributed by atoms with Crippen LogP contribution in [0.4, 0.5) is 0 Å². The van der Waals surface area contributed by atoms with Gasteiger partial charge in [-0.3, -0.25) is 0 Å². The Balaban J connectivity index is 2.25. The van der Waals surface area contributed by atoms with Gasteiger partial charge in [0.15, 0.2) is 0 Å². The van der Waals surface area contributed by atoms with Gasteiger partial charge in [0.25, 0.3) is 0 Å². The zero-order valence-electron chi connectivity index (χ0n) is 4.85. The van der Waals surface area contributed by atoms with Gasteiger partial charge in [-0.2, -0.15) is 0 Å². The molecule has 0 N–H and O–H groups in total. The molecule has 1 heterocycles. The Morgan fingerprint density at radius 3 is 2.43 bits per heavy atom. The second-order valence-corrected chi connectivity index (χ2v) is 2.54. The molecular formula is C6H12N+. The van der Waals surface area contributed by atoms with Crippen molar-refractivity contribution in [3.05, 3.63) is 12.7 Å². The van der Waals surface area contributed by atoms with E-state index in [2.05, 4.69) is 13.6 Å². The average molecular weight is 98.2 g/mol. The Morgan fingerprint density at radius 2 is 2.29 bits per heavy atom. The van der Waals surface area contributed by atoms with Gasteiger partial charge in [0.05, 0.1) is 13.6 Å². The first-order valence-corrected chi connectivity index (χ1v) is 2.71. The molecule has 0 aromatic rings. The van der Waals surface area contributed by atoms with Gasteiger partial charge in [-0.1, -0.05) is 6.58 Å². The fourth-order valence-corrected chi connectivity index (χ4v) is 0.665. The third-order valence-electron chi connectivity index (χ3n) is 1.56. The number of likely N-dealkylation sites (N-methyl/N-ethyl adjacent to an activating group) is 1. The van der Waals surface area contributed by atoms with Crippen LogP contribution in [0.3, 0.4) is 0 Å². The first kappa shape index (κ1) is 4.85. The highest BCUT2D eigenvalue weighted by atomic mass is 15.4. The van der Waals surface area contributed by atoms with E-state index >= 15 is 0 Å². The standard InChI is InChI=1S/C6H12N/c1-3-4-7(2)5-6-7/h3H,1,4-6H2,2H3/q+1. The smallest absolute Gasteiger partial charge is 0.129 e. The van der Waals surface area contributed by atoms with Crippen LogP contribution in [0, 0.1) is 0 Å². The topological polar surface area (TPSA) is 0 Å². The highest BCUT2D eigenvalue weighted by Crippen LogP contribution is 2.14. The summed E-state index contributed by atoms with van der Waals surface area (Å²) in [6.07, 6.45) is 1.99. The molecule has 40 valence electrons. The number of quaternary nitrogens is 1. The summed E-state index contributed by atoms with van der Waals surface area (Å²) in [6.45, 7) is 7.53. The maximum absolute atomic E-state index is 3.67. The van der Waals surface area contributed by atoms with E-state index in [1.807, 2.05) is 6.08 Å². The number of hydrogen-bond donors (Lipinski definition) is 0. The predicted octanol–water partition coefficient (Wildman–Crippen LogP) is 0.633. The van der Waals surface area contributed by atoms with Crippen molar-refractivity contribution in [3.8, 4) is 0 Å². The summed E-state index contributed by atoms with van der Waals surface area (Å²) in [6, 6.07) is 0. The van der Waals surface area contributed by atoms with Crippen molar-refractivity contribution in [2.24, 2.45) is 0 Å². The predicted molar refractivity (Wildman–Crippen MR) is 31.0 cm³/mol. The summed E-state index contributed by atoms with van der Waals surface area (Å²) >= 11 is 0. The molecule has 0 aromatic carbocycles. The van der Waals surface area contributed by atoms with Crippen molar-refractivity contribution in [1.29, 1.82) is 0 Å². The molecule has 7 heavy (non-hydrogen) atoms. The van der Waals surface area contributed by atoms with Crippen LogP contribution in [-0.2, 0) is 0 Å². The Morgan fingerprint density at radius 1 is 1.71 bits per heavy atom. The molecule has 1 aliphatic heterocycles. The third kappa shape index (κ3) is 1.03. The minimum Gasteiger partial charge on any atom is -0.313 e. The van der Waals surface area contributed by atoms with Crippen molar-refractivity contribution in [2.45, 2.75) is 0 Å². The van der Waals surface area contributed by atoms with Gasteiger partial charge in [-0.05, 0) is 6.08 Å². The normalized spacial score (nSPS) is 24.1. The first-order valence-electron chi connectivity index (χ1n) is 2.71. The number of hydrogen-bond acceptors (Lipinski definition) is 0. The Labute approximate surface area is 44.8 Å². The highest BCUT2D eigenvalue weighted by Gasteiger charge is 2.34. The van der Waals surface area contributed by atoms with Gasteiger partial charge in [0.1, 0.15) is 13.1 Å². The minimum absolute atomic E-state index is 1.15.